The quantitative estimate of drug-likeness (QED) is 0.677. The van der Waals surface area contributed by atoms with Gasteiger partial charge in [-0.1, -0.05) is 32.9 Å². The Bertz CT molecular complexity index is 596. The fourth-order valence-electron chi connectivity index (χ4n) is 4.06. The summed E-state index contributed by atoms with van der Waals surface area (Å²) in [6.07, 6.45) is 6.21. The molecule has 1 saturated carbocycles. The van der Waals surface area contributed by atoms with Crippen molar-refractivity contribution in [3.05, 3.63) is 34.4 Å². The summed E-state index contributed by atoms with van der Waals surface area (Å²) in [5.74, 6) is 1.52. The minimum Gasteiger partial charge on any atom is -0.360 e. The topological polar surface area (TPSA) is 15.8 Å². The van der Waals surface area contributed by atoms with E-state index in [1.165, 1.54) is 40.2 Å². The van der Waals surface area contributed by atoms with Gasteiger partial charge >= 0.3 is 0 Å². The monoisotopic (exact) mass is 319 g/mol. The third kappa shape index (κ3) is 2.47. The standard InChI is InChI=1S/C17H22BrN/c1-11-7-12(9-17(2,3)8-11)14-10-19-16-13(14)5-4-6-15(16)18/h4-6,10-12,19H,7-9H2,1-3H3. The van der Waals surface area contributed by atoms with Gasteiger partial charge < -0.3 is 4.98 Å². The van der Waals surface area contributed by atoms with Crippen molar-refractivity contribution < 1.29 is 0 Å². The summed E-state index contributed by atoms with van der Waals surface area (Å²) in [6, 6.07) is 6.50. The first-order valence-electron chi connectivity index (χ1n) is 7.22. The van der Waals surface area contributed by atoms with E-state index in [-0.39, 0.29) is 0 Å². The second-order valence-corrected chi connectivity index (χ2v) is 7.87. The number of H-pyrrole nitrogens is 1. The molecule has 0 amide bonds. The smallest absolute Gasteiger partial charge is 0.0601 e. The van der Waals surface area contributed by atoms with Crippen LogP contribution in [0.4, 0.5) is 0 Å². The molecule has 1 aromatic carbocycles. The molecule has 0 radical (unpaired) electrons. The lowest BCUT2D eigenvalue weighted by Gasteiger charge is -2.39. The number of rotatable bonds is 1. The van der Waals surface area contributed by atoms with Crippen LogP contribution in [0.25, 0.3) is 10.9 Å². The van der Waals surface area contributed by atoms with Crippen LogP contribution in [0, 0.1) is 11.3 Å². The predicted octanol–water partition coefficient (Wildman–Crippen LogP) is 5.86. The van der Waals surface area contributed by atoms with E-state index >= 15 is 0 Å². The molecule has 0 bridgehead atoms. The highest BCUT2D eigenvalue weighted by atomic mass is 79.9. The highest BCUT2D eigenvalue weighted by molar-refractivity contribution is 9.10. The van der Waals surface area contributed by atoms with Gasteiger partial charge in [-0.2, -0.15) is 0 Å². The number of halogens is 1. The minimum absolute atomic E-state index is 0.470. The molecule has 1 fully saturated rings. The van der Waals surface area contributed by atoms with Gasteiger partial charge in [-0.3, -0.25) is 0 Å². The molecule has 2 atom stereocenters. The van der Waals surface area contributed by atoms with Gasteiger partial charge in [0.15, 0.2) is 0 Å². The molecular formula is C17H22BrN. The molecule has 1 aliphatic rings. The van der Waals surface area contributed by atoms with E-state index in [0.29, 0.717) is 11.3 Å². The Morgan fingerprint density at radius 2 is 2.05 bits per heavy atom. The number of hydrogen-bond donors (Lipinski definition) is 1. The number of nitrogens with one attached hydrogen (secondary N) is 1. The maximum absolute atomic E-state index is 3.64. The molecule has 1 nitrogen and oxygen atoms in total. The third-order valence-electron chi connectivity index (χ3n) is 4.52. The van der Waals surface area contributed by atoms with Crippen LogP contribution >= 0.6 is 15.9 Å². The Hall–Kier alpha value is -0.760. The van der Waals surface area contributed by atoms with E-state index in [2.05, 4.69) is 66.1 Å². The summed E-state index contributed by atoms with van der Waals surface area (Å²) in [5.41, 5.74) is 3.22. The third-order valence-corrected chi connectivity index (χ3v) is 5.18. The first-order valence-corrected chi connectivity index (χ1v) is 8.01. The molecular weight excluding hydrogens is 298 g/mol. The number of benzene rings is 1. The van der Waals surface area contributed by atoms with Crippen LogP contribution in [0.2, 0.25) is 0 Å². The zero-order chi connectivity index (χ0) is 13.6. The molecule has 2 heteroatoms. The Kier molecular flexibility index (Phi) is 3.24. The van der Waals surface area contributed by atoms with E-state index in [4.69, 9.17) is 0 Å². The molecule has 19 heavy (non-hydrogen) atoms. The minimum atomic E-state index is 0.470. The lowest BCUT2D eigenvalue weighted by Crippen LogP contribution is -2.26. The maximum Gasteiger partial charge on any atom is 0.0601 e. The molecule has 2 aromatic rings. The summed E-state index contributed by atoms with van der Waals surface area (Å²) in [4.78, 5) is 3.45. The molecule has 0 spiro atoms. The second kappa shape index (κ2) is 4.66. The van der Waals surface area contributed by atoms with E-state index in [1.807, 2.05) is 0 Å². The summed E-state index contributed by atoms with van der Waals surface area (Å²) in [5, 5.41) is 1.39. The van der Waals surface area contributed by atoms with Crippen molar-refractivity contribution in [2.45, 2.75) is 46.0 Å². The van der Waals surface area contributed by atoms with Crippen molar-refractivity contribution in [2.24, 2.45) is 11.3 Å². The number of fused-ring (bicyclic) bond motifs is 1. The largest absolute Gasteiger partial charge is 0.360 e. The predicted molar refractivity (Wildman–Crippen MR) is 85.5 cm³/mol. The van der Waals surface area contributed by atoms with E-state index in [0.717, 1.165) is 5.92 Å². The number of aromatic amines is 1. The molecule has 2 unspecified atom stereocenters. The fraction of sp³-hybridized carbons (Fsp3) is 0.529. The van der Waals surface area contributed by atoms with Gasteiger partial charge in [-0.25, -0.2) is 0 Å². The molecule has 1 N–H and O–H groups in total. The number of hydrogen-bond acceptors (Lipinski definition) is 0. The average molecular weight is 320 g/mol. The summed E-state index contributed by atoms with van der Waals surface area (Å²) < 4.78 is 1.17. The van der Waals surface area contributed by atoms with Crippen LogP contribution in [0.1, 0.15) is 51.5 Å². The SMILES string of the molecule is CC1CC(c2c[nH]c3c(Br)cccc23)CC(C)(C)C1. The molecule has 1 aliphatic carbocycles. The maximum atomic E-state index is 3.64. The molecule has 1 aromatic heterocycles. The van der Waals surface area contributed by atoms with Crippen LogP contribution in [0.3, 0.4) is 0 Å². The van der Waals surface area contributed by atoms with Crippen LogP contribution in [-0.4, -0.2) is 4.98 Å². The van der Waals surface area contributed by atoms with Gasteiger partial charge in [0.25, 0.3) is 0 Å². The van der Waals surface area contributed by atoms with Crippen molar-refractivity contribution >= 4 is 26.8 Å². The average Bonchev–Trinajstić information content (AvgIpc) is 2.71. The fourth-order valence-corrected chi connectivity index (χ4v) is 4.54. The summed E-state index contributed by atoms with van der Waals surface area (Å²) >= 11 is 3.64. The van der Waals surface area contributed by atoms with Crippen molar-refractivity contribution in [3.8, 4) is 0 Å². The number of para-hydroxylation sites is 1. The van der Waals surface area contributed by atoms with Gasteiger partial charge in [-0.05, 0) is 64.1 Å². The van der Waals surface area contributed by atoms with Crippen LogP contribution in [0.15, 0.2) is 28.9 Å². The van der Waals surface area contributed by atoms with Gasteiger partial charge in [0.2, 0.25) is 0 Å². The molecule has 3 rings (SSSR count). The van der Waals surface area contributed by atoms with Crippen LogP contribution < -0.4 is 0 Å². The van der Waals surface area contributed by atoms with Crippen LogP contribution in [0.5, 0.6) is 0 Å². The second-order valence-electron chi connectivity index (χ2n) is 7.02. The highest BCUT2D eigenvalue weighted by Crippen LogP contribution is 2.47. The number of aromatic nitrogens is 1. The molecule has 1 heterocycles. The van der Waals surface area contributed by atoms with Crippen molar-refractivity contribution in [1.29, 1.82) is 0 Å². The molecule has 102 valence electrons. The van der Waals surface area contributed by atoms with Gasteiger partial charge in [0.05, 0.1) is 5.52 Å². The van der Waals surface area contributed by atoms with E-state index < -0.39 is 0 Å². The zero-order valence-electron chi connectivity index (χ0n) is 12.0. The Balaban J connectivity index is 2.02. The Morgan fingerprint density at radius 3 is 2.79 bits per heavy atom. The Morgan fingerprint density at radius 1 is 1.26 bits per heavy atom. The Labute approximate surface area is 123 Å². The van der Waals surface area contributed by atoms with E-state index in [1.54, 1.807) is 0 Å². The van der Waals surface area contributed by atoms with E-state index in [9.17, 15) is 0 Å². The van der Waals surface area contributed by atoms with Crippen LogP contribution in [-0.2, 0) is 0 Å². The lowest BCUT2D eigenvalue weighted by molar-refractivity contribution is 0.169. The normalized spacial score (nSPS) is 26.7. The summed E-state index contributed by atoms with van der Waals surface area (Å²) in [6.45, 7) is 7.24. The van der Waals surface area contributed by atoms with Crippen molar-refractivity contribution in [3.63, 3.8) is 0 Å². The lowest BCUT2D eigenvalue weighted by atomic mass is 9.66. The zero-order valence-corrected chi connectivity index (χ0v) is 13.5. The first kappa shape index (κ1) is 13.2. The summed E-state index contributed by atoms with van der Waals surface area (Å²) in [7, 11) is 0. The van der Waals surface area contributed by atoms with Gasteiger partial charge in [0.1, 0.15) is 0 Å². The van der Waals surface area contributed by atoms with Gasteiger partial charge in [-0.15, -0.1) is 0 Å². The van der Waals surface area contributed by atoms with Gasteiger partial charge in [0, 0.05) is 16.1 Å². The molecule has 0 aliphatic heterocycles. The highest BCUT2D eigenvalue weighted by Gasteiger charge is 2.33. The molecule has 0 saturated heterocycles. The first-order chi connectivity index (χ1) is 8.96. The van der Waals surface area contributed by atoms with Crippen molar-refractivity contribution in [1.82, 2.24) is 4.98 Å². The van der Waals surface area contributed by atoms with Crippen molar-refractivity contribution in [2.75, 3.05) is 0 Å².